The van der Waals surface area contributed by atoms with Gasteiger partial charge in [-0.05, 0) is 12.8 Å². The zero-order chi connectivity index (χ0) is 5.70. The van der Waals surface area contributed by atoms with E-state index in [1.54, 1.807) is 0 Å². The minimum atomic E-state index is 0. The molecule has 1 atom stereocenters. The van der Waals surface area contributed by atoms with Crippen molar-refractivity contribution in [3.8, 4) is 0 Å². The van der Waals surface area contributed by atoms with Gasteiger partial charge < -0.3 is 0 Å². The van der Waals surface area contributed by atoms with Gasteiger partial charge in [-0.2, -0.15) is 0 Å². The fourth-order valence-electron chi connectivity index (χ4n) is 0.368. The minimum Gasteiger partial charge on any atom is -0.0880 e. The second-order valence-corrected chi connectivity index (χ2v) is 1.81. The monoisotopic (exact) mass is 123 g/mol. The van der Waals surface area contributed by atoms with E-state index in [1.165, 1.54) is 6.42 Å². The Morgan fingerprint density at radius 2 is 2.12 bits per heavy atom. The van der Waals surface area contributed by atoms with Crippen molar-refractivity contribution in [2.45, 2.75) is 20.3 Å². The second-order valence-electron chi connectivity index (χ2n) is 1.81. The summed E-state index contributed by atoms with van der Waals surface area (Å²) in [5.74, 6) is 0.706. The molecule has 0 aliphatic rings. The number of allylic oxidation sites excluding steroid dienone is 2. The lowest BCUT2D eigenvalue weighted by atomic mass is 10.1. The molecule has 0 aliphatic carbocycles. The van der Waals surface area contributed by atoms with Crippen molar-refractivity contribution in [1.82, 2.24) is 0 Å². The molecule has 0 N–H and O–H groups in total. The van der Waals surface area contributed by atoms with Gasteiger partial charge >= 0.3 is 23.1 Å². The first-order valence-electron chi connectivity index (χ1n) is 2.77. The number of hydrogen-bond acceptors (Lipinski definition) is 0. The van der Waals surface area contributed by atoms with Crippen LogP contribution in [0.15, 0.2) is 12.2 Å². The molecule has 0 heterocycles. The molecule has 1 unspecified atom stereocenters. The van der Waals surface area contributed by atoms with Crippen LogP contribution in [0.25, 0.3) is 0 Å². The minimum absolute atomic E-state index is 0. The highest BCUT2D eigenvalue weighted by molar-refractivity contribution is 5.75. The van der Waals surface area contributed by atoms with Crippen LogP contribution in [0.2, 0.25) is 0 Å². The average Bonchev–Trinajstić information content (AvgIpc) is 1.68. The first kappa shape index (κ1) is 11.3. The third-order valence-electron chi connectivity index (χ3n) is 1.11. The van der Waals surface area contributed by atoms with Gasteiger partial charge in [0.15, 0.2) is 0 Å². The van der Waals surface area contributed by atoms with E-state index in [1.807, 2.05) is 6.08 Å². The van der Waals surface area contributed by atoms with E-state index in [0.29, 0.717) is 5.92 Å². The predicted molar refractivity (Wildman–Crippen MR) is 42.5 cm³/mol. The summed E-state index contributed by atoms with van der Waals surface area (Å²) in [5, 5.41) is 0. The summed E-state index contributed by atoms with van der Waals surface area (Å²) in [6.07, 6.45) is 5.18. The van der Waals surface area contributed by atoms with E-state index < -0.39 is 0 Å². The summed E-state index contributed by atoms with van der Waals surface area (Å²) in [5.41, 5.74) is 0. The predicted octanol–water partition coefficient (Wildman–Crippen LogP) is 1.51. The van der Waals surface area contributed by atoms with Gasteiger partial charge in [-0.3, -0.25) is 0 Å². The summed E-state index contributed by atoms with van der Waals surface area (Å²) in [4.78, 5) is 0. The Bertz CT molecular complexity index is 57.4. The lowest BCUT2D eigenvalue weighted by Gasteiger charge is -1.95. The number of rotatable bonds is 2. The Balaban J connectivity index is 0. The Kier molecular flexibility index (Phi) is 10.6. The van der Waals surface area contributed by atoms with Crippen molar-refractivity contribution in [2.75, 3.05) is 0 Å². The third-order valence-corrected chi connectivity index (χ3v) is 1.11. The van der Waals surface area contributed by atoms with Crippen LogP contribution in [0.3, 0.4) is 0 Å². The maximum absolute atomic E-state index is 3.59. The van der Waals surface area contributed by atoms with Gasteiger partial charge in [0.2, 0.25) is 0 Å². The van der Waals surface area contributed by atoms with Gasteiger partial charge in [0.25, 0.3) is 0 Å². The van der Waals surface area contributed by atoms with E-state index in [2.05, 4.69) is 26.8 Å². The summed E-state index contributed by atoms with van der Waals surface area (Å²) >= 11 is 0. The van der Waals surface area contributed by atoms with E-state index >= 15 is 0 Å². The van der Waals surface area contributed by atoms with Crippen LogP contribution < -0.4 is 0 Å². The van der Waals surface area contributed by atoms with Crippen molar-refractivity contribution >= 4 is 23.1 Å². The van der Waals surface area contributed by atoms with E-state index in [-0.39, 0.29) is 23.1 Å². The summed E-state index contributed by atoms with van der Waals surface area (Å²) < 4.78 is 0. The first-order valence-corrected chi connectivity index (χ1v) is 2.77. The SMILES string of the molecule is [CH2]C=CC(C)CC.[MgH2]. The van der Waals surface area contributed by atoms with Gasteiger partial charge in [0, 0.05) is 0 Å². The van der Waals surface area contributed by atoms with Gasteiger partial charge in [-0.15, -0.1) is 0 Å². The maximum atomic E-state index is 3.59. The molecule has 0 aliphatic heterocycles. The molecule has 1 radical (unpaired) electrons. The summed E-state index contributed by atoms with van der Waals surface area (Å²) in [6.45, 7) is 7.95. The van der Waals surface area contributed by atoms with Crippen molar-refractivity contribution in [3.63, 3.8) is 0 Å². The normalized spacial score (nSPS) is 13.4. The lowest BCUT2D eigenvalue weighted by molar-refractivity contribution is 0.698. The van der Waals surface area contributed by atoms with E-state index in [4.69, 9.17) is 0 Å². The molecule has 0 saturated heterocycles. The summed E-state index contributed by atoms with van der Waals surface area (Å²) in [6, 6.07) is 0. The van der Waals surface area contributed by atoms with Crippen LogP contribution in [-0.2, 0) is 0 Å². The van der Waals surface area contributed by atoms with Crippen LogP contribution >= 0.6 is 0 Å². The Morgan fingerprint density at radius 1 is 1.62 bits per heavy atom. The highest BCUT2D eigenvalue weighted by Crippen LogP contribution is 2.00. The lowest BCUT2D eigenvalue weighted by Crippen LogP contribution is -1.81. The fraction of sp³-hybridized carbons (Fsp3) is 0.571. The fourth-order valence-corrected chi connectivity index (χ4v) is 0.368. The molecular formula is C7H15Mg. The van der Waals surface area contributed by atoms with E-state index in [0.717, 1.165) is 0 Å². The molecule has 45 valence electrons. The molecule has 0 bridgehead atoms. The van der Waals surface area contributed by atoms with Crippen LogP contribution in [0.4, 0.5) is 0 Å². The largest absolute Gasteiger partial charge is 0.316 e. The quantitative estimate of drug-likeness (QED) is 0.488. The number of hydrogen-bond donors (Lipinski definition) is 0. The smallest absolute Gasteiger partial charge is 0.0880 e. The topological polar surface area (TPSA) is 0 Å². The maximum Gasteiger partial charge on any atom is 0.316 e. The molecule has 0 nitrogen and oxygen atoms in total. The molecular weight excluding hydrogens is 108 g/mol. The van der Waals surface area contributed by atoms with Gasteiger partial charge in [0.05, 0.1) is 0 Å². The molecule has 0 aromatic carbocycles. The highest BCUT2D eigenvalue weighted by atomic mass is 24.3. The molecule has 8 heavy (non-hydrogen) atoms. The van der Waals surface area contributed by atoms with Crippen molar-refractivity contribution in [2.24, 2.45) is 5.92 Å². The summed E-state index contributed by atoms with van der Waals surface area (Å²) in [7, 11) is 0. The second kappa shape index (κ2) is 7.51. The van der Waals surface area contributed by atoms with Crippen molar-refractivity contribution in [1.29, 1.82) is 0 Å². The molecule has 0 rings (SSSR count). The van der Waals surface area contributed by atoms with E-state index in [9.17, 15) is 0 Å². The van der Waals surface area contributed by atoms with Crippen LogP contribution in [0, 0.1) is 12.8 Å². The molecule has 0 amide bonds. The zero-order valence-corrected chi connectivity index (χ0v) is 5.15. The standard InChI is InChI=1S/C7H13.Mg.2H/c1-4-6-7(3)5-2;;;/h4,6-7H,1,5H2,2-3H3;;;. The zero-order valence-electron chi connectivity index (χ0n) is 5.15. The highest BCUT2D eigenvalue weighted by Gasteiger charge is 1.86. The molecule has 0 aromatic heterocycles. The Morgan fingerprint density at radius 3 is 2.25 bits per heavy atom. The van der Waals surface area contributed by atoms with Gasteiger partial charge in [0.1, 0.15) is 0 Å². The van der Waals surface area contributed by atoms with Crippen LogP contribution in [0.5, 0.6) is 0 Å². The first-order chi connectivity index (χ1) is 3.31. The Labute approximate surface area is 68.5 Å². The van der Waals surface area contributed by atoms with Gasteiger partial charge in [-0.1, -0.05) is 32.4 Å². The average molecular weight is 124 g/mol. The molecule has 0 saturated carbocycles. The molecule has 1 heteroatoms. The Hall–Kier alpha value is 0.506. The van der Waals surface area contributed by atoms with Crippen LogP contribution in [-0.4, -0.2) is 23.1 Å². The van der Waals surface area contributed by atoms with Crippen molar-refractivity contribution in [3.05, 3.63) is 19.1 Å². The third kappa shape index (κ3) is 6.51. The van der Waals surface area contributed by atoms with Crippen LogP contribution in [0.1, 0.15) is 20.3 Å². The molecule has 0 spiro atoms. The molecule has 0 fully saturated rings. The molecule has 0 aromatic rings. The van der Waals surface area contributed by atoms with Gasteiger partial charge in [-0.25, -0.2) is 0 Å². The van der Waals surface area contributed by atoms with Crippen molar-refractivity contribution < 1.29 is 0 Å².